The summed E-state index contributed by atoms with van der Waals surface area (Å²) in [5.41, 5.74) is 2.75. The Morgan fingerprint density at radius 2 is 1.71 bits per heavy atom. The number of hydrogen-bond donors (Lipinski definition) is 2. The fraction of sp³-hybridized carbons (Fsp3) is 0.0811. The zero-order valence-electron chi connectivity index (χ0n) is 26.9. The van der Waals surface area contributed by atoms with Crippen LogP contribution in [0.5, 0.6) is 11.5 Å². The molecule has 14 heteroatoms. The van der Waals surface area contributed by atoms with Crippen molar-refractivity contribution < 1.29 is 31.9 Å². The highest BCUT2D eigenvalue weighted by Gasteiger charge is 2.34. The van der Waals surface area contributed by atoms with Gasteiger partial charge in [0.1, 0.15) is 23.9 Å². The number of furan rings is 1. The Bertz CT molecular complexity index is 2200. The SMILES string of the molecule is NS(=O)(=O)c1ccc(NC(=O)COc2ccccc2/C=C2\S/C(=N/N=C\c3cccc(OCc4ccccc4)c3)N(Cc3ccco3)C2=O)cc1. The van der Waals surface area contributed by atoms with Crippen molar-refractivity contribution in [3.63, 3.8) is 0 Å². The molecule has 2 amide bonds. The largest absolute Gasteiger partial charge is 0.489 e. The summed E-state index contributed by atoms with van der Waals surface area (Å²) in [7, 11) is -3.86. The van der Waals surface area contributed by atoms with E-state index in [-0.39, 0.29) is 24.0 Å². The van der Waals surface area contributed by atoms with Crippen LogP contribution in [0.3, 0.4) is 0 Å². The monoisotopic (exact) mass is 721 g/mol. The summed E-state index contributed by atoms with van der Waals surface area (Å²) in [6.45, 7) is 0.229. The van der Waals surface area contributed by atoms with Gasteiger partial charge in [-0.05, 0) is 83.6 Å². The minimum absolute atomic E-state index is 0.0733. The predicted molar refractivity (Wildman–Crippen MR) is 195 cm³/mol. The van der Waals surface area contributed by atoms with E-state index in [2.05, 4.69) is 15.5 Å². The lowest BCUT2D eigenvalue weighted by molar-refractivity contribution is -0.122. The molecule has 5 aromatic rings. The van der Waals surface area contributed by atoms with E-state index in [1.54, 1.807) is 48.7 Å². The molecule has 6 rings (SSSR count). The van der Waals surface area contributed by atoms with Gasteiger partial charge in [0.05, 0.1) is 28.8 Å². The number of amides is 2. The van der Waals surface area contributed by atoms with Crippen LogP contribution in [0.1, 0.15) is 22.5 Å². The third-order valence-corrected chi connectivity index (χ3v) is 9.20. The first-order valence-corrected chi connectivity index (χ1v) is 17.8. The summed E-state index contributed by atoms with van der Waals surface area (Å²) in [6.07, 6.45) is 4.79. The molecule has 0 radical (unpaired) electrons. The molecule has 2 heterocycles. The van der Waals surface area contributed by atoms with Crippen molar-refractivity contribution in [1.82, 2.24) is 4.90 Å². The molecule has 0 bridgehead atoms. The number of carbonyl (C=O) groups excluding carboxylic acids is 2. The molecular weight excluding hydrogens is 691 g/mol. The van der Waals surface area contributed by atoms with E-state index < -0.39 is 15.9 Å². The number of para-hydroxylation sites is 1. The normalized spacial score (nSPS) is 14.8. The van der Waals surface area contributed by atoms with Crippen molar-refractivity contribution in [3.8, 4) is 11.5 Å². The molecule has 0 atom stereocenters. The average molecular weight is 722 g/mol. The van der Waals surface area contributed by atoms with Crippen molar-refractivity contribution >= 4 is 56.7 Å². The third kappa shape index (κ3) is 9.60. The molecular formula is C37H31N5O7S2. The second-order valence-corrected chi connectivity index (χ2v) is 13.6. The molecule has 258 valence electrons. The fourth-order valence-electron chi connectivity index (χ4n) is 4.79. The molecule has 0 spiro atoms. The molecule has 1 saturated heterocycles. The van der Waals surface area contributed by atoms with Gasteiger partial charge in [-0.25, -0.2) is 13.6 Å². The molecule has 1 fully saturated rings. The van der Waals surface area contributed by atoms with Gasteiger partial charge in [-0.3, -0.25) is 14.5 Å². The van der Waals surface area contributed by atoms with Gasteiger partial charge in [-0.1, -0.05) is 60.7 Å². The predicted octanol–water partition coefficient (Wildman–Crippen LogP) is 6.03. The number of carbonyl (C=O) groups is 2. The second kappa shape index (κ2) is 16.2. The van der Waals surface area contributed by atoms with Gasteiger partial charge in [0.25, 0.3) is 11.8 Å². The third-order valence-electron chi connectivity index (χ3n) is 7.27. The van der Waals surface area contributed by atoms with E-state index in [1.165, 1.54) is 35.4 Å². The number of rotatable bonds is 13. The number of nitrogens with zero attached hydrogens (tertiary/aromatic N) is 3. The molecule has 4 aromatic carbocycles. The maximum atomic E-state index is 13.7. The topological polar surface area (TPSA) is 166 Å². The Hall–Kier alpha value is -5.96. The number of benzene rings is 4. The van der Waals surface area contributed by atoms with Crippen LogP contribution < -0.4 is 19.9 Å². The lowest BCUT2D eigenvalue weighted by Gasteiger charge is -2.12. The number of hydrogen-bond acceptors (Lipinski definition) is 10. The summed E-state index contributed by atoms with van der Waals surface area (Å²) in [4.78, 5) is 28.1. The maximum absolute atomic E-state index is 13.7. The van der Waals surface area contributed by atoms with Gasteiger partial charge in [0.15, 0.2) is 11.8 Å². The summed E-state index contributed by atoms with van der Waals surface area (Å²) >= 11 is 1.15. The zero-order valence-corrected chi connectivity index (χ0v) is 28.5. The number of nitrogens with two attached hydrogens (primary N) is 1. The Labute approximate surface area is 298 Å². The molecule has 12 nitrogen and oxygen atoms in total. The second-order valence-electron chi connectivity index (χ2n) is 11.0. The number of nitrogens with one attached hydrogen (secondary N) is 1. The lowest BCUT2D eigenvalue weighted by Crippen LogP contribution is -2.28. The highest BCUT2D eigenvalue weighted by molar-refractivity contribution is 8.18. The van der Waals surface area contributed by atoms with Crippen LogP contribution in [0.25, 0.3) is 6.08 Å². The van der Waals surface area contributed by atoms with E-state index in [4.69, 9.17) is 19.0 Å². The first kappa shape index (κ1) is 34.9. The first-order valence-electron chi connectivity index (χ1n) is 15.5. The van der Waals surface area contributed by atoms with E-state index in [9.17, 15) is 18.0 Å². The summed E-state index contributed by atoms with van der Waals surface area (Å²) in [5, 5.41) is 16.8. The molecule has 51 heavy (non-hydrogen) atoms. The fourth-order valence-corrected chi connectivity index (χ4v) is 6.23. The van der Waals surface area contributed by atoms with Gasteiger partial charge >= 0.3 is 0 Å². The molecule has 1 aromatic heterocycles. The van der Waals surface area contributed by atoms with Gasteiger partial charge in [0.2, 0.25) is 10.0 Å². The van der Waals surface area contributed by atoms with Crippen LogP contribution >= 0.6 is 11.8 Å². The van der Waals surface area contributed by atoms with Crippen LogP contribution in [0.4, 0.5) is 5.69 Å². The molecule has 1 aliphatic heterocycles. The van der Waals surface area contributed by atoms with E-state index in [0.29, 0.717) is 45.2 Å². The maximum Gasteiger partial charge on any atom is 0.267 e. The van der Waals surface area contributed by atoms with E-state index in [1.807, 2.05) is 54.6 Å². The number of anilines is 1. The van der Waals surface area contributed by atoms with Gasteiger partial charge < -0.3 is 19.2 Å². The molecule has 0 aliphatic carbocycles. The molecule has 3 N–H and O–H groups in total. The van der Waals surface area contributed by atoms with Crippen molar-refractivity contribution in [2.24, 2.45) is 15.3 Å². The highest BCUT2D eigenvalue weighted by Crippen LogP contribution is 2.35. The zero-order chi connectivity index (χ0) is 35.6. The molecule has 1 aliphatic rings. The minimum Gasteiger partial charge on any atom is -0.489 e. The first-order chi connectivity index (χ1) is 24.7. The Morgan fingerprint density at radius 1 is 0.922 bits per heavy atom. The number of primary sulfonamides is 1. The van der Waals surface area contributed by atoms with Gasteiger partial charge in [-0.15, -0.1) is 5.10 Å². The average Bonchev–Trinajstić information content (AvgIpc) is 3.75. The molecule has 0 unspecified atom stereocenters. The lowest BCUT2D eigenvalue weighted by atomic mass is 10.2. The van der Waals surface area contributed by atoms with Crippen molar-refractivity contribution in [2.75, 3.05) is 11.9 Å². The number of amidine groups is 1. The van der Waals surface area contributed by atoms with Crippen molar-refractivity contribution in [3.05, 3.63) is 149 Å². The summed E-state index contributed by atoms with van der Waals surface area (Å²) in [5.74, 6) is 0.838. The van der Waals surface area contributed by atoms with Gasteiger partial charge in [-0.2, -0.15) is 5.10 Å². The van der Waals surface area contributed by atoms with Crippen LogP contribution in [0.15, 0.2) is 146 Å². The quantitative estimate of drug-likeness (QED) is 0.0845. The minimum atomic E-state index is -3.86. The highest BCUT2D eigenvalue weighted by atomic mass is 32.2. The van der Waals surface area contributed by atoms with Crippen LogP contribution in [0, 0.1) is 0 Å². The Kier molecular flexibility index (Phi) is 11.1. The van der Waals surface area contributed by atoms with Crippen molar-refractivity contribution in [2.45, 2.75) is 18.0 Å². The van der Waals surface area contributed by atoms with Crippen LogP contribution in [-0.4, -0.2) is 43.1 Å². The standard InChI is InChI=1S/C37H31N5O7S2/c38-51(45,46)32-17-15-29(16-18-32)40-35(43)25-49-33-14-5-4-11-28(33)21-34-36(44)42(23-31-13-7-19-47-31)37(50-34)41-39-22-27-10-6-12-30(20-27)48-24-26-8-2-1-3-9-26/h1-22H,23-25H2,(H,40,43)(H2,38,45,46)/b34-21-,39-22-,41-37+. The smallest absolute Gasteiger partial charge is 0.267 e. The summed E-state index contributed by atoms with van der Waals surface area (Å²) < 4.78 is 40.2. The van der Waals surface area contributed by atoms with E-state index in [0.717, 1.165) is 22.9 Å². The summed E-state index contributed by atoms with van der Waals surface area (Å²) in [6, 6.07) is 33.3. The number of sulfonamides is 1. The van der Waals surface area contributed by atoms with E-state index >= 15 is 0 Å². The van der Waals surface area contributed by atoms with Crippen LogP contribution in [-0.2, 0) is 32.8 Å². The Balaban J connectivity index is 1.15. The Morgan fingerprint density at radius 3 is 2.47 bits per heavy atom. The number of thioether (sulfide) groups is 1. The van der Waals surface area contributed by atoms with Crippen molar-refractivity contribution in [1.29, 1.82) is 0 Å². The van der Waals surface area contributed by atoms with Gasteiger partial charge in [0, 0.05) is 11.3 Å². The molecule has 0 saturated carbocycles. The van der Waals surface area contributed by atoms with Crippen LogP contribution in [0.2, 0.25) is 0 Å². The number of ether oxygens (including phenoxy) is 2.